The highest BCUT2D eigenvalue weighted by atomic mass is 16.4. The van der Waals surface area contributed by atoms with Gasteiger partial charge in [-0.3, -0.25) is 14.9 Å². The maximum atomic E-state index is 10.8. The van der Waals surface area contributed by atoms with E-state index in [0.29, 0.717) is 6.54 Å². The average molecular weight is 285 g/mol. The second-order valence-corrected chi connectivity index (χ2v) is 4.92. The summed E-state index contributed by atoms with van der Waals surface area (Å²) < 4.78 is 0. The van der Waals surface area contributed by atoms with Crippen LogP contribution in [0, 0.1) is 6.92 Å². The Bertz CT molecular complexity index is 611. The third kappa shape index (κ3) is 4.36. The summed E-state index contributed by atoms with van der Waals surface area (Å²) in [6, 6.07) is 9.34. The number of carboxylic acids is 1. The second-order valence-electron chi connectivity index (χ2n) is 4.92. The molecule has 21 heavy (non-hydrogen) atoms. The molecule has 0 spiro atoms. The monoisotopic (exact) mass is 285 g/mol. The number of rotatable bonds is 6. The molecule has 0 amide bonds. The lowest BCUT2D eigenvalue weighted by Gasteiger charge is -2.19. The highest BCUT2D eigenvalue weighted by Crippen LogP contribution is 2.08. The van der Waals surface area contributed by atoms with Crippen molar-refractivity contribution in [3.05, 3.63) is 59.2 Å². The lowest BCUT2D eigenvalue weighted by Crippen LogP contribution is -2.23. The number of nitrogens with zero attached hydrogens (tertiary/aromatic N) is 3. The molecule has 0 fully saturated rings. The molecule has 5 nitrogen and oxygen atoms in total. The molecule has 0 atom stereocenters. The van der Waals surface area contributed by atoms with E-state index >= 15 is 0 Å². The molecular weight excluding hydrogens is 266 g/mol. The van der Waals surface area contributed by atoms with Gasteiger partial charge in [0.25, 0.3) is 0 Å². The molecule has 2 heterocycles. The standard InChI is InChI=1S/C16H19N3O2/c1-3-19(11-15-6-4-5-12(2)18-15)10-14-8-7-13(9-17-14)16(20)21/h4-9H,3,10-11H2,1-2H3,(H,20,21). The fraction of sp³-hybridized carbons (Fsp3) is 0.312. The van der Waals surface area contributed by atoms with Gasteiger partial charge in [0.2, 0.25) is 0 Å². The van der Waals surface area contributed by atoms with Crippen molar-refractivity contribution >= 4 is 5.97 Å². The summed E-state index contributed by atoms with van der Waals surface area (Å²) in [5, 5.41) is 8.87. The molecule has 1 N–H and O–H groups in total. The molecule has 0 saturated heterocycles. The van der Waals surface area contributed by atoms with Gasteiger partial charge in [0.05, 0.1) is 17.0 Å². The van der Waals surface area contributed by atoms with Crippen LogP contribution in [0.4, 0.5) is 0 Å². The van der Waals surface area contributed by atoms with E-state index in [2.05, 4.69) is 21.8 Å². The molecule has 2 aromatic heterocycles. The van der Waals surface area contributed by atoms with Crippen molar-refractivity contribution in [2.45, 2.75) is 26.9 Å². The minimum Gasteiger partial charge on any atom is -0.478 e. The Balaban J connectivity index is 2.03. The Kier molecular flexibility index (Phi) is 5.00. The maximum absolute atomic E-state index is 10.8. The fourth-order valence-corrected chi connectivity index (χ4v) is 2.07. The van der Waals surface area contributed by atoms with Gasteiger partial charge in [-0.2, -0.15) is 0 Å². The normalized spacial score (nSPS) is 10.8. The third-order valence-corrected chi connectivity index (χ3v) is 3.24. The minimum atomic E-state index is -0.953. The van der Waals surface area contributed by atoms with E-state index in [9.17, 15) is 4.79 Å². The Labute approximate surface area is 124 Å². The van der Waals surface area contributed by atoms with Crippen molar-refractivity contribution in [3.63, 3.8) is 0 Å². The zero-order valence-electron chi connectivity index (χ0n) is 12.3. The predicted octanol–water partition coefficient (Wildman–Crippen LogP) is 2.51. The van der Waals surface area contributed by atoms with E-state index in [0.717, 1.165) is 30.2 Å². The summed E-state index contributed by atoms with van der Waals surface area (Å²) in [6.45, 7) is 6.36. The molecular formula is C16H19N3O2. The number of hydrogen-bond donors (Lipinski definition) is 1. The van der Waals surface area contributed by atoms with Crippen LogP contribution in [0.15, 0.2) is 36.5 Å². The molecule has 0 bridgehead atoms. The van der Waals surface area contributed by atoms with Crippen molar-refractivity contribution in [3.8, 4) is 0 Å². The maximum Gasteiger partial charge on any atom is 0.337 e. The molecule has 0 saturated carbocycles. The van der Waals surface area contributed by atoms with Gasteiger partial charge >= 0.3 is 5.97 Å². The number of aromatic nitrogens is 2. The first-order valence-corrected chi connectivity index (χ1v) is 6.91. The third-order valence-electron chi connectivity index (χ3n) is 3.24. The van der Waals surface area contributed by atoms with E-state index in [1.165, 1.54) is 6.20 Å². The largest absolute Gasteiger partial charge is 0.478 e. The molecule has 0 aliphatic heterocycles. The quantitative estimate of drug-likeness (QED) is 0.883. The number of aromatic carboxylic acids is 1. The molecule has 0 aliphatic carbocycles. The lowest BCUT2D eigenvalue weighted by atomic mass is 10.2. The summed E-state index contributed by atoms with van der Waals surface area (Å²) in [7, 11) is 0. The van der Waals surface area contributed by atoms with Crippen LogP contribution in [0.25, 0.3) is 0 Å². The number of pyridine rings is 2. The first-order chi connectivity index (χ1) is 10.1. The van der Waals surface area contributed by atoms with Crippen LogP contribution in [0.2, 0.25) is 0 Å². The van der Waals surface area contributed by atoms with E-state index in [4.69, 9.17) is 5.11 Å². The van der Waals surface area contributed by atoms with Crippen LogP contribution >= 0.6 is 0 Å². The lowest BCUT2D eigenvalue weighted by molar-refractivity contribution is 0.0696. The average Bonchev–Trinajstić information content (AvgIpc) is 2.47. The SMILES string of the molecule is CCN(Cc1ccc(C(=O)O)cn1)Cc1cccc(C)n1. The second kappa shape index (κ2) is 6.95. The highest BCUT2D eigenvalue weighted by Gasteiger charge is 2.08. The van der Waals surface area contributed by atoms with Gasteiger partial charge in [0, 0.05) is 25.0 Å². The van der Waals surface area contributed by atoms with Gasteiger partial charge in [-0.15, -0.1) is 0 Å². The molecule has 0 unspecified atom stereocenters. The molecule has 0 radical (unpaired) electrons. The zero-order valence-corrected chi connectivity index (χ0v) is 12.3. The molecule has 0 aromatic carbocycles. The van der Waals surface area contributed by atoms with Crippen LogP contribution in [-0.4, -0.2) is 32.5 Å². The number of hydrogen-bond acceptors (Lipinski definition) is 4. The minimum absolute atomic E-state index is 0.210. The Hall–Kier alpha value is -2.27. The van der Waals surface area contributed by atoms with Crippen LogP contribution < -0.4 is 0 Å². The Morgan fingerprint density at radius 2 is 1.95 bits per heavy atom. The Morgan fingerprint density at radius 1 is 1.19 bits per heavy atom. The van der Waals surface area contributed by atoms with Crippen molar-refractivity contribution < 1.29 is 9.90 Å². The number of carbonyl (C=O) groups is 1. The first-order valence-electron chi connectivity index (χ1n) is 6.91. The summed E-state index contributed by atoms with van der Waals surface area (Å²) in [5.74, 6) is -0.953. The van der Waals surface area contributed by atoms with E-state index < -0.39 is 5.97 Å². The molecule has 2 aromatic rings. The van der Waals surface area contributed by atoms with Crippen LogP contribution in [0.3, 0.4) is 0 Å². The van der Waals surface area contributed by atoms with E-state index in [1.54, 1.807) is 12.1 Å². The van der Waals surface area contributed by atoms with Crippen LogP contribution in [0.5, 0.6) is 0 Å². The van der Waals surface area contributed by atoms with Gasteiger partial charge < -0.3 is 5.11 Å². The molecule has 110 valence electrons. The molecule has 0 aliphatic rings. The fourth-order valence-electron chi connectivity index (χ4n) is 2.07. The topological polar surface area (TPSA) is 66.3 Å². The predicted molar refractivity (Wildman–Crippen MR) is 80.0 cm³/mol. The highest BCUT2D eigenvalue weighted by molar-refractivity contribution is 5.87. The van der Waals surface area contributed by atoms with Gasteiger partial charge in [0.1, 0.15) is 0 Å². The molecule has 5 heteroatoms. The summed E-state index contributed by atoms with van der Waals surface area (Å²) in [5.41, 5.74) is 3.10. The number of aryl methyl sites for hydroxylation is 1. The summed E-state index contributed by atoms with van der Waals surface area (Å²) >= 11 is 0. The van der Waals surface area contributed by atoms with Gasteiger partial charge in [-0.1, -0.05) is 13.0 Å². The summed E-state index contributed by atoms with van der Waals surface area (Å²) in [6.07, 6.45) is 1.40. The van der Waals surface area contributed by atoms with Crippen LogP contribution in [0.1, 0.15) is 34.4 Å². The Morgan fingerprint density at radius 3 is 2.52 bits per heavy atom. The zero-order chi connectivity index (χ0) is 15.2. The smallest absolute Gasteiger partial charge is 0.337 e. The van der Waals surface area contributed by atoms with Crippen LogP contribution in [-0.2, 0) is 13.1 Å². The van der Waals surface area contributed by atoms with Crippen molar-refractivity contribution in [1.29, 1.82) is 0 Å². The first kappa shape index (κ1) is 15.1. The number of carboxylic acid groups (broad SMARTS) is 1. The van der Waals surface area contributed by atoms with Gasteiger partial charge in [-0.05, 0) is 37.7 Å². The molecule has 2 rings (SSSR count). The van der Waals surface area contributed by atoms with Gasteiger partial charge in [0.15, 0.2) is 0 Å². The van der Waals surface area contributed by atoms with Crippen molar-refractivity contribution in [2.24, 2.45) is 0 Å². The van der Waals surface area contributed by atoms with E-state index in [-0.39, 0.29) is 5.56 Å². The van der Waals surface area contributed by atoms with Gasteiger partial charge in [-0.25, -0.2) is 4.79 Å². The van der Waals surface area contributed by atoms with Crippen molar-refractivity contribution in [2.75, 3.05) is 6.54 Å². The van der Waals surface area contributed by atoms with E-state index in [1.807, 2.05) is 25.1 Å². The summed E-state index contributed by atoms with van der Waals surface area (Å²) in [4.78, 5) is 21.7. The van der Waals surface area contributed by atoms with Crippen molar-refractivity contribution in [1.82, 2.24) is 14.9 Å².